The molecule has 23 heavy (non-hydrogen) atoms. The van der Waals surface area contributed by atoms with E-state index in [1.165, 1.54) is 18.2 Å². The number of ether oxygens (including phenoxy) is 1. The number of nitrogens with one attached hydrogen (secondary N) is 2. The van der Waals surface area contributed by atoms with E-state index in [9.17, 15) is 8.78 Å². The van der Waals surface area contributed by atoms with Crippen LogP contribution >= 0.6 is 12.2 Å². The first-order chi connectivity index (χ1) is 11.0. The van der Waals surface area contributed by atoms with Crippen molar-refractivity contribution < 1.29 is 13.5 Å². The Bertz CT molecular complexity index is 674. The molecule has 122 valence electrons. The molecule has 2 aromatic carbocycles. The van der Waals surface area contributed by atoms with Gasteiger partial charge in [0.1, 0.15) is 29.7 Å². The second-order valence-corrected chi connectivity index (χ2v) is 5.58. The van der Waals surface area contributed by atoms with Gasteiger partial charge in [-0.1, -0.05) is 24.3 Å². The minimum absolute atomic E-state index is 0.134. The molecule has 0 bridgehead atoms. The largest absolute Gasteiger partial charge is 0.491 e. The summed E-state index contributed by atoms with van der Waals surface area (Å²) in [4.78, 5) is 0. The monoisotopic (exact) mass is 336 g/mol. The number of thiocarbonyl (C=S) groups is 1. The van der Waals surface area contributed by atoms with Crippen LogP contribution in [-0.4, -0.2) is 17.8 Å². The zero-order chi connectivity index (χ0) is 16.8. The number of benzene rings is 2. The molecule has 0 fully saturated rings. The molecule has 0 heterocycles. The van der Waals surface area contributed by atoms with Crippen molar-refractivity contribution >= 4 is 23.0 Å². The SMILES string of the molecule is Cc1ccccc1OCC(C)NC(=S)Nc1c(F)cccc1F. The Hall–Kier alpha value is -2.21. The molecule has 0 saturated heterocycles. The molecule has 2 N–H and O–H groups in total. The normalized spacial score (nSPS) is 11.7. The smallest absolute Gasteiger partial charge is 0.171 e. The molecule has 1 unspecified atom stereocenters. The van der Waals surface area contributed by atoms with E-state index in [4.69, 9.17) is 17.0 Å². The van der Waals surface area contributed by atoms with E-state index in [2.05, 4.69) is 10.6 Å². The van der Waals surface area contributed by atoms with Crippen LogP contribution in [0, 0.1) is 18.6 Å². The average Bonchev–Trinajstić information content (AvgIpc) is 2.50. The predicted octanol–water partition coefficient (Wildman–Crippen LogP) is 4.03. The quantitative estimate of drug-likeness (QED) is 0.808. The van der Waals surface area contributed by atoms with E-state index >= 15 is 0 Å². The van der Waals surface area contributed by atoms with Crippen molar-refractivity contribution in [2.45, 2.75) is 19.9 Å². The molecular weight excluding hydrogens is 318 g/mol. The van der Waals surface area contributed by atoms with Gasteiger partial charge < -0.3 is 15.4 Å². The van der Waals surface area contributed by atoms with Crippen molar-refractivity contribution in [2.75, 3.05) is 11.9 Å². The van der Waals surface area contributed by atoms with Gasteiger partial charge in [-0.2, -0.15) is 0 Å². The highest BCUT2D eigenvalue weighted by atomic mass is 32.1. The summed E-state index contributed by atoms with van der Waals surface area (Å²) < 4.78 is 32.8. The van der Waals surface area contributed by atoms with Crippen molar-refractivity contribution in [3.63, 3.8) is 0 Å². The summed E-state index contributed by atoms with van der Waals surface area (Å²) in [7, 11) is 0. The number of aryl methyl sites for hydroxylation is 1. The van der Waals surface area contributed by atoms with Crippen molar-refractivity contribution in [2.24, 2.45) is 0 Å². The van der Waals surface area contributed by atoms with Gasteiger partial charge >= 0.3 is 0 Å². The highest BCUT2D eigenvalue weighted by Crippen LogP contribution is 2.18. The fraction of sp³-hybridized carbons (Fsp3) is 0.235. The summed E-state index contributed by atoms with van der Waals surface area (Å²) in [6.45, 7) is 4.19. The minimum Gasteiger partial charge on any atom is -0.491 e. The second-order valence-electron chi connectivity index (χ2n) is 5.17. The number of hydrogen-bond acceptors (Lipinski definition) is 2. The lowest BCUT2D eigenvalue weighted by Gasteiger charge is -2.18. The lowest BCUT2D eigenvalue weighted by Crippen LogP contribution is -2.39. The van der Waals surface area contributed by atoms with Crippen molar-refractivity contribution in [3.05, 3.63) is 59.7 Å². The molecule has 0 aliphatic rings. The number of hydrogen-bond donors (Lipinski definition) is 2. The van der Waals surface area contributed by atoms with Gasteiger partial charge in [-0.25, -0.2) is 8.78 Å². The molecule has 0 radical (unpaired) electrons. The third kappa shape index (κ3) is 4.89. The predicted molar refractivity (Wildman–Crippen MR) is 91.9 cm³/mol. The zero-order valence-corrected chi connectivity index (χ0v) is 13.7. The van der Waals surface area contributed by atoms with Gasteiger partial charge in [-0.15, -0.1) is 0 Å². The van der Waals surface area contributed by atoms with E-state index in [0.717, 1.165) is 11.3 Å². The summed E-state index contributed by atoms with van der Waals surface area (Å²) in [5.74, 6) is -0.601. The minimum atomic E-state index is -0.696. The lowest BCUT2D eigenvalue weighted by atomic mass is 10.2. The first-order valence-corrected chi connectivity index (χ1v) is 7.58. The highest BCUT2D eigenvalue weighted by Gasteiger charge is 2.11. The van der Waals surface area contributed by atoms with Gasteiger partial charge in [0.25, 0.3) is 0 Å². The van der Waals surface area contributed by atoms with Crippen LogP contribution in [0.25, 0.3) is 0 Å². The Morgan fingerprint density at radius 1 is 1.13 bits per heavy atom. The standard InChI is InChI=1S/C17H18F2N2OS/c1-11-6-3-4-9-15(11)22-10-12(2)20-17(23)21-16-13(18)7-5-8-14(16)19/h3-9,12H,10H2,1-2H3,(H2,20,21,23). The molecule has 0 aromatic heterocycles. The van der Waals surface area contributed by atoms with Crippen molar-refractivity contribution in [1.29, 1.82) is 0 Å². The van der Waals surface area contributed by atoms with Crippen LogP contribution in [-0.2, 0) is 0 Å². The Morgan fingerprint density at radius 2 is 1.78 bits per heavy atom. The molecule has 0 aliphatic carbocycles. The van der Waals surface area contributed by atoms with Crippen LogP contribution in [0.4, 0.5) is 14.5 Å². The molecule has 2 rings (SSSR count). The fourth-order valence-corrected chi connectivity index (χ4v) is 2.27. The van der Waals surface area contributed by atoms with Crippen LogP contribution in [0.2, 0.25) is 0 Å². The average molecular weight is 336 g/mol. The van der Waals surface area contributed by atoms with Crippen molar-refractivity contribution in [1.82, 2.24) is 5.32 Å². The maximum absolute atomic E-state index is 13.5. The van der Waals surface area contributed by atoms with Gasteiger partial charge in [0, 0.05) is 0 Å². The van der Waals surface area contributed by atoms with Crippen LogP contribution in [0.15, 0.2) is 42.5 Å². The van der Waals surface area contributed by atoms with Gasteiger partial charge in [0.05, 0.1) is 6.04 Å². The molecule has 0 aliphatic heterocycles. The molecule has 0 amide bonds. The number of halogens is 2. The maximum atomic E-state index is 13.5. The van der Waals surface area contributed by atoms with Gasteiger partial charge in [0.2, 0.25) is 0 Å². The molecule has 3 nitrogen and oxygen atoms in total. The second kappa shape index (κ2) is 7.87. The number of para-hydroxylation sites is 2. The molecule has 2 aromatic rings. The Balaban J connectivity index is 1.86. The Kier molecular flexibility index (Phi) is 5.87. The number of rotatable bonds is 5. The third-order valence-corrected chi connectivity index (χ3v) is 3.38. The molecule has 6 heteroatoms. The Morgan fingerprint density at radius 3 is 2.43 bits per heavy atom. The fourth-order valence-electron chi connectivity index (χ4n) is 1.97. The van der Waals surface area contributed by atoms with E-state index in [-0.39, 0.29) is 16.8 Å². The van der Waals surface area contributed by atoms with E-state index < -0.39 is 11.6 Å². The number of anilines is 1. The summed E-state index contributed by atoms with van der Waals surface area (Å²) in [5, 5.41) is 5.60. The summed E-state index contributed by atoms with van der Waals surface area (Å²) in [6, 6.07) is 11.2. The maximum Gasteiger partial charge on any atom is 0.171 e. The summed E-state index contributed by atoms with van der Waals surface area (Å²) >= 11 is 5.08. The van der Waals surface area contributed by atoms with Gasteiger partial charge in [-0.05, 0) is 49.8 Å². The third-order valence-electron chi connectivity index (χ3n) is 3.16. The summed E-state index contributed by atoms with van der Waals surface area (Å²) in [5.41, 5.74) is 0.769. The molecule has 0 spiro atoms. The van der Waals surface area contributed by atoms with Crippen molar-refractivity contribution in [3.8, 4) is 5.75 Å². The molecule has 0 saturated carbocycles. The van der Waals surface area contributed by atoms with E-state index in [1.807, 2.05) is 38.1 Å². The first-order valence-electron chi connectivity index (χ1n) is 7.17. The van der Waals surface area contributed by atoms with Crippen LogP contribution in [0.1, 0.15) is 12.5 Å². The van der Waals surface area contributed by atoms with E-state index in [0.29, 0.717) is 6.61 Å². The molecular formula is C17H18F2N2OS. The highest BCUT2D eigenvalue weighted by molar-refractivity contribution is 7.80. The molecule has 1 atom stereocenters. The van der Waals surface area contributed by atoms with Crippen LogP contribution in [0.3, 0.4) is 0 Å². The van der Waals surface area contributed by atoms with E-state index in [1.54, 1.807) is 0 Å². The topological polar surface area (TPSA) is 33.3 Å². The van der Waals surface area contributed by atoms with Crippen LogP contribution < -0.4 is 15.4 Å². The van der Waals surface area contributed by atoms with Gasteiger partial charge in [-0.3, -0.25) is 0 Å². The lowest BCUT2D eigenvalue weighted by molar-refractivity contribution is 0.285. The zero-order valence-electron chi connectivity index (χ0n) is 12.9. The van der Waals surface area contributed by atoms with Crippen LogP contribution in [0.5, 0.6) is 5.75 Å². The van der Waals surface area contributed by atoms with Gasteiger partial charge in [0.15, 0.2) is 5.11 Å². The summed E-state index contributed by atoms with van der Waals surface area (Å²) in [6.07, 6.45) is 0. The Labute approximate surface area is 139 Å². The first kappa shape index (κ1) is 17.1.